The maximum Gasteiger partial charge on any atom is 0.337 e. The topological polar surface area (TPSA) is 75.2 Å². The number of nitrogens with one attached hydrogen (secondary N) is 1. The SMILES string of the molecule is O=C(O)c1cccc2[nH]c(-c3c(F)c(F)c(OC4=CCCC=C4)c(F)c3F)nc12. The van der Waals surface area contributed by atoms with Crippen LogP contribution in [0.5, 0.6) is 5.75 Å². The van der Waals surface area contributed by atoms with Gasteiger partial charge in [-0.2, -0.15) is 8.78 Å². The summed E-state index contributed by atoms with van der Waals surface area (Å²) in [6.07, 6.45) is 5.95. The van der Waals surface area contributed by atoms with Crippen LogP contribution in [0.15, 0.2) is 42.2 Å². The Kier molecular flexibility index (Phi) is 4.57. The number of carbonyl (C=O) groups is 1. The van der Waals surface area contributed by atoms with Gasteiger partial charge in [-0.15, -0.1) is 0 Å². The highest BCUT2D eigenvalue weighted by Gasteiger charge is 2.30. The van der Waals surface area contributed by atoms with Gasteiger partial charge < -0.3 is 14.8 Å². The van der Waals surface area contributed by atoms with Crippen molar-refractivity contribution >= 4 is 17.0 Å². The van der Waals surface area contributed by atoms with Gasteiger partial charge >= 0.3 is 5.97 Å². The number of para-hydroxylation sites is 1. The lowest BCUT2D eigenvalue weighted by Gasteiger charge is -2.13. The van der Waals surface area contributed by atoms with Crippen molar-refractivity contribution in [2.75, 3.05) is 0 Å². The number of rotatable bonds is 4. The number of fused-ring (bicyclic) bond motifs is 1. The van der Waals surface area contributed by atoms with E-state index in [4.69, 9.17) is 4.74 Å². The second-order valence-electron chi connectivity index (χ2n) is 6.24. The third-order valence-electron chi connectivity index (χ3n) is 4.38. The third-order valence-corrected chi connectivity index (χ3v) is 4.38. The van der Waals surface area contributed by atoms with Gasteiger partial charge in [0.1, 0.15) is 17.1 Å². The fourth-order valence-electron chi connectivity index (χ4n) is 3.02. The van der Waals surface area contributed by atoms with Crippen LogP contribution in [0.4, 0.5) is 17.6 Å². The Morgan fingerprint density at radius 2 is 1.79 bits per heavy atom. The molecular weight excluding hydrogens is 392 g/mol. The number of allylic oxidation sites excluding steroid dienone is 3. The summed E-state index contributed by atoms with van der Waals surface area (Å²) < 4.78 is 63.4. The normalized spacial score (nSPS) is 13.6. The van der Waals surface area contributed by atoms with Crippen molar-refractivity contribution in [1.29, 1.82) is 0 Å². The zero-order valence-electron chi connectivity index (χ0n) is 14.6. The van der Waals surface area contributed by atoms with E-state index in [1.165, 1.54) is 30.4 Å². The van der Waals surface area contributed by atoms with Crippen molar-refractivity contribution in [2.24, 2.45) is 0 Å². The molecule has 0 aliphatic heterocycles. The van der Waals surface area contributed by atoms with Crippen LogP contribution in [0.1, 0.15) is 23.2 Å². The van der Waals surface area contributed by atoms with E-state index in [1.807, 2.05) is 0 Å². The molecule has 2 aromatic carbocycles. The average Bonchev–Trinajstić information content (AvgIpc) is 3.14. The number of nitrogens with zero attached hydrogens (tertiary/aromatic N) is 1. The number of imidazole rings is 1. The Morgan fingerprint density at radius 1 is 1.07 bits per heavy atom. The second-order valence-corrected chi connectivity index (χ2v) is 6.24. The molecule has 4 rings (SSSR count). The predicted octanol–water partition coefficient (Wildman–Crippen LogP) is 5.10. The zero-order valence-corrected chi connectivity index (χ0v) is 14.6. The van der Waals surface area contributed by atoms with Crippen molar-refractivity contribution in [2.45, 2.75) is 12.8 Å². The molecule has 0 radical (unpaired) electrons. The summed E-state index contributed by atoms with van der Waals surface area (Å²) in [7, 11) is 0. The fraction of sp³-hybridized carbons (Fsp3) is 0.100. The van der Waals surface area contributed by atoms with Crippen LogP contribution < -0.4 is 4.74 Å². The lowest BCUT2D eigenvalue weighted by molar-refractivity contribution is 0.0699. The zero-order chi connectivity index (χ0) is 20.7. The number of carboxylic acid groups (broad SMARTS) is 1. The molecule has 148 valence electrons. The highest BCUT2D eigenvalue weighted by Crippen LogP contribution is 2.36. The van der Waals surface area contributed by atoms with Gasteiger partial charge in [-0.3, -0.25) is 0 Å². The van der Waals surface area contributed by atoms with Crippen LogP contribution in [0.2, 0.25) is 0 Å². The maximum atomic E-state index is 14.7. The standard InChI is InChI=1S/C20H12F4N2O3/c21-13-12(19-25-11-8-4-7-10(20(27)28)17(11)26-19)14(22)16(24)18(15(13)23)29-9-5-2-1-3-6-9/h2,4-8H,1,3H2,(H,25,26)(H,27,28). The predicted molar refractivity (Wildman–Crippen MR) is 95.4 cm³/mol. The van der Waals surface area contributed by atoms with E-state index >= 15 is 0 Å². The molecule has 1 aliphatic carbocycles. The number of aromatic nitrogens is 2. The molecule has 5 nitrogen and oxygen atoms in total. The number of ether oxygens (including phenoxy) is 1. The molecule has 0 bridgehead atoms. The van der Waals surface area contributed by atoms with Gasteiger partial charge in [-0.25, -0.2) is 18.6 Å². The first-order valence-corrected chi connectivity index (χ1v) is 8.51. The van der Waals surface area contributed by atoms with Crippen molar-refractivity contribution in [3.8, 4) is 17.1 Å². The second kappa shape index (κ2) is 7.08. The third kappa shape index (κ3) is 3.14. The number of hydrogen-bond donors (Lipinski definition) is 2. The van der Waals surface area contributed by atoms with E-state index in [1.54, 1.807) is 6.08 Å². The quantitative estimate of drug-likeness (QED) is 0.469. The van der Waals surface area contributed by atoms with Crippen LogP contribution in [0.3, 0.4) is 0 Å². The summed E-state index contributed by atoms with van der Waals surface area (Å²) in [5, 5.41) is 9.20. The Balaban J connectivity index is 1.86. The molecule has 2 N–H and O–H groups in total. The first kappa shape index (κ1) is 18.7. The van der Waals surface area contributed by atoms with Crippen LogP contribution in [0.25, 0.3) is 22.4 Å². The van der Waals surface area contributed by atoms with Gasteiger partial charge in [-0.1, -0.05) is 12.1 Å². The average molecular weight is 404 g/mol. The number of carboxylic acids is 1. The molecule has 1 aliphatic rings. The van der Waals surface area contributed by atoms with Crippen LogP contribution >= 0.6 is 0 Å². The summed E-state index contributed by atoms with van der Waals surface area (Å²) in [4.78, 5) is 17.6. The molecule has 3 aromatic rings. The van der Waals surface area contributed by atoms with E-state index in [0.29, 0.717) is 12.8 Å². The smallest absolute Gasteiger partial charge is 0.337 e. The summed E-state index contributed by atoms with van der Waals surface area (Å²) in [5.74, 6) is -9.88. The molecule has 0 saturated carbocycles. The number of aromatic amines is 1. The van der Waals surface area contributed by atoms with E-state index in [9.17, 15) is 27.5 Å². The Hall–Kier alpha value is -3.62. The molecule has 0 spiro atoms. The molecule has 1 heterocycles. The van der Waals surface area contributed by atoms with Crippen LogP contribution in [-0.4, -0.2) is 21.0 Å². The maximum absolute atomic E-state index is 14.7. The minimum absolute atomic E-state index is 0.0652. The lowest BCUT2D eigenvalue weighted by atomic mass is 10.1. The number of halogens is 4. The number of aromatic carboxylic acids is 1. The van der Waals surface area contributed by atoms with Gasteiger partial charge in [0.25, 0.3) is 0 Å². The van der Waals surface area contributed by atoms with Crippen molar-refractivity contribution in [3.63, 3.8) is 0 Å². The summed E-state index contributed by atoms with van der Waals surface area (Å²) >= 11 is 0. The van der Waals surface area contributed by atoms with Crippen molar-refractivity contribution in [3.05, 3.63) is 71.0 Å². The van der Waals surface area contributed by atoms with Gasteiger partial charge in [0.15, 0.2) is 11.6 Å². The van der Waals surface area contributed by atoms with E-state index in [-0.39, 0.29) is 22.4 Å². The van der Waals surface area contributed by atoms with Crippen LogP contribution in [0, 0.1) is 23.3 Å². The molecule has 1 aromatic heterocycles. The van der Waals surface area contributed by atoms with Gasteiger partial charge in [0.2, 0.25) is 17.4 Å². The number of H-pyrrole nitrogens is 1. The van der Waals surface area contributed by atoms with Gasteiger partial charge in [0, 0.05) is 0 Å². The largest absolute Gasteiger partial charge is 0.478 e. The van der Waals surface area contributed by atoms with Crippen molar-refractivity contribution < 1.29 is 32.2 Å². The highest BCUT2D eigenvalue weighted by molar-refractivity contribution is 6.01. The summed E-state index contributed by atoms with van der Waals surface area (Å²) in [5.41, 5.74) is -1.29. The Labute approximate surface area is 160 Å². The van der Waals surface area contributed by atoms with E-state index < -0.39 is 46.4 Å². The van der Waals surface area contributed by atoms with Gasteiger partial charge in [0.05, 0.1) is 16.6 Å². The van der Waals surface area contributed by atoms with Crippen molar-refractivity contribution in [1.82, 2.24) is 9.97 Å². The molecule has 9 heteroatoms. The summed E-state index contributed by atoms with van der Waals surface area (Å²) in [6.45, 7) is 0. The molecule has 0 unspecified atom stereocenters. The number of benzene rings is 2. The molecule has 0 amide bonds. The minimum atomic E-state index is -1.72. The van der Waals surface area contributed by atoms with E-state index in [0.717, 1.165) is 0 Å². The monoisotopic (exact) mass is 404 g/mol. The molecule has 0 fully saturated rings. The van der Waals surface area contributed by atoms with Crippen LogP contribution in [-0.2, 0) is 0 Å². The first-order chi connectivity index (χ1) is 13.9. The molecule has 29 heavy (non-hydrogen) atoms. The summed E-state index contributed by atoms with van der Waals surface area (Å²) in [6, 6.07) is 4.05. The Morgan fingerprint density at radius 3 is 2.41 bits per heavy atom. The lowest BCUT2D eigenvalue weighted by Crippen LogP contribution is -2.07. The number of hydrogen-bond acceptors (Lipinski definition) is 3. The first-order valence-electron chi connectivity index (χ1n) is 8.51. The van der Waals surface area contributed by atoms with E-state index in [2.05, 4.69) is 9.97 Å². The molecular formula is C20H12F4N2O3. The minimum Gasteiger partial charge on any atom is -0.478 e. The highest BCUT2D eigenvalue weighted by atomic mass is 19.2. The van der Waals surface area contributed by atoms with Gasteiger partial charge in [-0.05, 0) is 37.1 Å². The molecule has 0 atom stereocenters. The molecule has 0 saturated heterocycles. The Bertz CT molecular complexity index is 1190. The fourth-order valence-corrected chi connectivity index (χ4v) is 3.02.